The fourth-order valence-electron chi connectivity index (χ4n) is 4.85. The van der Waals surface area contributed by atoms with Crippen molar-refractivity contribution in [1.29, 1.82) is 0 Å². The molecule has 0 saturated carbocycles. The number of para-hydroxylation sites is 1. The van der Waals surface area contributed by atoms with E-state index in [9.17, 15) is 14.7 Å². The molecule has 172 valence electrons. The average molecular weight is 447 g/mol. The zero-order valence-electron chi connectivity index (χ0n) is 19.7. The maximum absolute atomic E-state index is 13.6. The largest absolute Gasteiger partial charge is 0.504 e. The van der Waals surface area contributed by atoms with Crippen LogP contribution in [0.4, 0.5) is 5.69 Å². The molecule has 1 aliphatic heterocycles. The minimum Gasteiger partial charge on any atom is -0.504 e. The molecule has 0 aromatic heterocycles. The number of allylic oxidation sites excluding steroid dienone is 3. The Hall–Kier alpha value is -3.54. The minimum absolute atomic E-state index is 0.00658. The predicted molar refractivity (Wildman–Crippen MR) is 128 cm³/mol. The van der Waals surface area contributed by atoms with Crippen LogP contribution < -0.4 is 15.4 Å². The van der Waals surface area contributed by atoms with E-state index in [1.54, 1.807) is 18.2 Å². The van der Waals surface area contributed by atoms with Crippen molar-refractivity contribution in [2.45, 2.75) is 46.5 Å². The molecule has 33 heavy (non-hydrogen) atoms. The summed E-state index contributed by atoms with van der Waals surface area (Å²) in [6, 6.07) is 12.6. The van der Waals surface area contributed by atoms with Crippen LogP contribution >= 0.6 is 0 Å². The number of methoxy groups -OCH3 is 1. The lowest BCUT2D eigenvalue weighted by atomic mass is 9.68. The van der Waals surface area contributed by atoms with E-state index < -0.39 is 5.92 Å². The van der Waals surface area contributed by atoms with E-state index in [0.717, 1.165) is 22.5 Å². The summed E-state index contributed by atoms with van der Waals surface area (Å²) in [5, 5.41) is 16.5. The normalized spacial score (nSPS) is 19.7. The van der Waals surface area contributed by atoms with Gasteiger partial charge in [0.05, 0.1) is 7.11 Å². The van der Waals surface area contributed by atoms with E-state index in [4.69, 9.17) is 4.74 Å². The number of nitrogens with one attached hydrogen (secondary N) is 2. The van der Waals surface area contributed by atoms with Crippen molar-refractivity contribution < 1.29 is 19.4 Å². The van der Waals surface area contributed by atoms with Crippen molar-refractivity contribution in [3.05, 3.63) is 76.1 Å². The summed E-state index contributed by atoms with van der Waals surface area (Å²) in [4.78, 5) is 27.0. The number of carbonyl (C=O) groups is 2. The maximum Gasteiger partial charge on any atom is 0.254 e. The molecule has 2 aromatic carbocycles. The lowest BCUT2D eigenvalue weighted by Gasteiger charge is -2.39. The van der Waals surface area contributed by atoms with Crippen LogP contribution in [0, 0.1) is 12.3 Å². The second kappa shape index (κ2) is 8.43. The van der Waals surface area contributed by atoms with Gasteiger partial charge in [-0.2, -0.15) is 0 Å². The number of carbonyl (C=O) groups excluding carboxylic acids is 2. The van der Waals surface area contributed by atoms with Gasteiger partial charge in [-0.25, -0.2) is 0 Å². The summed E-state index contributed by atoms with van der Waals surface area (Å²) in [6.45, 7) is 7.96. The molecular weight excluding hydrogens is 416 g/mol. The summed E-state index contributed by atoms with van der Waals surface area (Å²) >= 11 is 0. The van der Waals surface area contributed by atoms with Gasteiger partial charge in [-0.1, -0.05) is 38.1 Å². The standard InChI is InChI=1S/C27H30N2O4/c1-15-8-6-7-9-18(15)29-26(32)23-16(2)28-19-13-27(3,4)14-21(31)25(19)24(23)17-10-11-20(30)22(12-17)33-5/h6-12,24,28,30H,13-14H2,1-5H3,(H,29,32)/t24-/m1/s1. The number of ketones is 1. The van der Waals surface area contributed by atoms with E-state index in [2.05, 4.69) is 24.5 Å². The topological polar surface area (TPSA) is 87.7 Å². The lowest BCUT2D eigenvalue weighted by Crippen LogP contribution is -2.39. The predicted octanol–water partition coefficient (Wildman–Crippen LogP) is 4.95. The summed E-state index contributed by atoms with van der Waals surface area (Å²) in [7, 11) is 1.48. The number of rotatable bonds is 4. The molecule has 1 heterocycles. The van der Waals surface area contributed by atoms with Crippen molar-refractivity contribution in [3.8, 4) is 11.5 Å². The Morgan fingerprint density at radius 3 is 2.58 bits per heavy atom. The first-order valence-electron chi connectivity index (χ1n) is 11.1. The third-order valence-corrected chi connectivity index (χ3v) is 6.41. The molecule has 2 aromatic rings. The third kappa shape index (κ3) is 4.25. The molecule has 1 aliphatic carbocycles. The molecule has 4 rings (SSSR count). The third-order valence-electron chi connectivity index (χ3n) is 6.41. The van der Waals surface area contributed by atoms with E-state index in [-0.39, 0.29) is 22.9 Å². The molecule has 0 bridgehead atoms. The zero-order chi connectivity index (χ0) is 23.9. The van der Waals surface area contributed by atoms with Crippen molar-refractivity contribution in [2.24, 2.45) is 5.41 Å². The Kier molecular flexibility index (Phi) is 5.78. The molecule has 0 fully saturated rings. The second-order valence-corrected chi connectivity index (χ2v) is 9.63. The van der Waals surface area contributed by atoms with E-state index in [1.807, 2.05) is 38.1 Å². The van der Waals surface area contributed by atoms with Crippen LogP contribution in [0.25, 0.3) is 0 Å². The number of anilines is 1. The summed E-state index contributed by atoms with van der Waals surface area (Å²) in [5.41, 5.74) is 4.90. The molecule has 0 spiro atoms. The van der Waals surface area contributed by atoms with E-state index in [1.165, 1.54) is 7.11 Å². The van der Waals surface area contributed by atoms with E-state index in [0.29, 0.717) is 35.4 Å². The Morgan fingerprint density at radius 1 is 1.15 bits per heavy atom. The number of phenols is 1. The molecular formula is C27H30N2O4. The van der Waals surface area contributed by atoms with Crippen molar-refractivity contribution in [2.75, 3.05) is 12.4 Å². The molecule has 1 amide bonds. The summed E-state index contributed by atoms with van der Waals surface area (Å²) < 4.78 is 5.32. The fourth-order valence-corrected chi connectivity index (χ4v) is 4.85. The first kappa shape index (κ1) is 22.6. The van der Waals surface area contributed by atoms with Crippen LogP contribution in [0.1, 0.15) is 50.7 Å². The van der Waals surface area contributed by atoms with Crippen LogP contribution in [0.3, 0.4) is 0 Å². The number of amides is 1. The van der Waals surface area contributed by atoms with Crippen LogP contribution in [-0.2, 0) is 9.59 Å². The Balaban J connectivity index is 1.85. The Bertz CT molecular complexity index is 1210. The highest BCUT2D eigenvalue weighted by Gasteiger charge is 2.42. The zero-order valence-corrected chi connectivity index (χ0v) is 19.7. The molecule has 3 N–H and O–H groups in total. The van der Waals surface area contributed by atoms with Crippen LogP contribution in [0.15, 0.2) is 65.0 Å². The van der Waals surface area contributed by atoms with Gasteiger partial charge in [0.1, 0.15) is 0 Å². The SMILES string of the molecule is COc1cc([C@@H]2C(C(=O)Nc3ccccc3C)=C(C)NC3=C2C(=O)CC(C)(C)C3)ccc1O. The van der Waals surface area contributed by atoms with Crippen LogP contribution in [0.2, 0.25) is 0 Å². The maximum atomic E-state index is 13.6. The van der Waals surface area contributed by atoms with Crippen molar-refractivity contribution in [1.82, 2.24) is 5.32 Å². The number of phenolic OH excluding ortho intramolecular Hbond substituents is 1. The van der Waals surface area contributed by atoms with Gasteiger partial charge in [-0.05, 0) is 55.0 Å². The van der Waals surface area contributed by atoms with Gasteiger partial charge < -0.3 is 20.5 Å². The van der Waals surface area contributed by atoms with E-state index >= 15 is 0 Å². The molecule has 0 unspecified atom stereocenters. The van der Waals surface area contributed by atoms with Gasteiger partial charge in [-0.15, -0.1) is 0 Å². The monoisotopic (exact) mass is 446 g/mol. The average Bonchev–Trinajstić information content (AvgIpc) is 2.73. The number of aryl methyl sites for hydroxylation is 1. The molecule has 6 heteroatoms. The van der Waals surface area contributed by atoms with Crippen LogP contribution in [0.5, 0.6) is 11.5 Å². The Morgan fingerprint density at radius 2 is 1.88 bits per heavy atom. The van der Waals surface area contributed by atoms with Gasteiger partial charge in [0.2, 0.25) is 0 Å². The second-order valence-electron chi connectivity index (χ2n) is 9.63. The number of hydrogen-bond acceptors (Lipinski definition) is 5. The van der Waals surface area contributed by atoms with Gasteiger partial charge >= 0.3 is 0 Å². The molecule has 0 saturated heterocycles. The highest BCUT2D eigenvalue weighted by molar-refractivity contribution is 6.10. The summed E-state index contributed by atoms with van der Waals surface area (Å²) in [5.74, 6) is -0.501. The molecule has 6 nitrogen and oxygen atoms in total. The van der Waals surface area contributed by atoms with Gasteiger partial charge in [-0.3, -0.25) is 9.59 Å². The highest BCUT2D eigenvalue weighted by Crippen LogP contribution is 2.47. The highest BCUT2D eigenvalue weighted by atomic mass is 16.5. The number of Topliss-reactive ketones (excluding diaryl/α,β-unsaturated/α-hetero) is 1. The fraction of sp³-hybridized carbons (Fsp3) is 0.333. The number of ether oxygens (including phenoxy) is 1. The first-order valence-corrected chi connectivity index (χ1v) is 11.1. The smallest absolute Gasteiger partial charge is 0.254 e. The molecule has 1 atom stereocenters. The number of aromatic hydroxyl groups is 1. The number of dihydropyridines is 1. The molecule has 0 radical (unpaired) electrons. The number of hydrogen-bond donors (Lipinski definition) is 3. The quantitative estimate of drug-likeness (QED) is 0.618. The molecule has 2 aliphatic rings. The Labute approximate surface area is 194 Å². The minimum atomic E-state index is -0.566. The van der Waals surface area contributed by atoms with Gasteiger partial charge in [0.25, 0.3) is 5.91 Å². The van der Waals surface area contributed by atoms with Crippen molar-refractivity contribution in [3.63, 3.8) is 0 Å². The lowest BCUT2D eigenvalue weighted by molar-refractivity contribution is -0.118. The van der Waals surface area contributed by atoms with Gasteiger partial charge in [0, 0.05) is 40.6 Å². The van der Waals surface area contributed by atoms with Gasteiger partial charge in [0.15, 0.2) is 17.3 Å². The van der Waals surface area contributed by atoms with Crippen LogP contribution in [-0.4, -0.2) is 23.9 Å². The van der Waals surface area contributed by atoms with Crippen molar-refractivity contribution >= 4 is 17.4 Å². The number of benzene rings is 2. The summed E-state index contributed by atoms with van der Waals surface area (Å²) in [6.07, 6.45) is 1.12. The first-order chi connectivity index (χ1) is 15.6.